The highest BCUT2D eigenvalue weighted by atomic mass is 19.1. The van der Waals surface area contributed by atoms with E-state index in [2.05, 4.69) is 10.1 Å². The van der Waals surface area contributed by atoms with Crippen molar-refractivity contribution in [1.82, 2.24) is 5.32 Å². The topological polar surface area (TPSA) is 64.6 Å². The van der Waals surface area contributed by atoms with E-state index in [-0.39, 0.29) is 12.0 Å². The van der Waals surface area contributed by atoms with E-state index < -0.39 is 23.7 Å². The monoisotopic (exact) mass is 269 g/mol. The van der Waals surface area contributed by atoms with Crippen molar-refractivity contribution in [2.75, 3.05) is 14.2 Å². The van der Waals surface area contributed by atoms with E-state index in [9.17, 15) is 14.0 Å². The van der Waals surface area contributed by atoms with E-state index >= 15 is 0 Å². The Morgan fingerprint density at radius 3 is 2.58 bits per heavy atom. The van der Waals surface area contributed by atoms with E-state index in [1.54, 1.807) is 6.92 Å². The van der Waals surface area contributed by atoms with Crippen LogP contribution in [0, 0.1) is 5.82 Å². The summed E-state index contributed by atoms with van der Waals surface area (Å²) in [5.74, 6) is -1.38. The average Bonchev–Trinajstić information content (AvgIpc) is 2.37. The van der Waals surface area contributed by atoms with Crippen LogP contribution in [0.3, 0.4) is 0 Å². The highest BCUT2D eigenvalue weighted by molar-refractivity contribution is 5.95. The molecule has 5 nitrogen and oxygen atoms in total. The lowest BCUT2D eigenvalue weighted by Crippen LogP contribution is -2.34. The molecular formula is C13H16FNO4. The average molecular weight is 269 g/mol. The summed E-state index contributed by atoms with van der Waals surface area (Å²) >= 11 is 0. The van der Waals surface area contributed by atoms with Crippen molar-refractivity contribution < 1.29 is 23.5 Å². The number of amides is 1. The Hall–Kier alpha value is -2.11. The van der Waals surface area contributed by atoms with Crippen LogP contribution in [-0.2, 0) is 9.53 Å². The van der Waals surface area contributed by atoms with Crippen molar-refractivity contribution in [3.05, 3.63) is 29.6 Å². The SMILES string of the molecule is COC(=O)CC(C)NC(=O)c1ccc(OC)cc1F. The minimum absolute atomic E-state index is 0.0278. The van der Waals surface area contributed by atoms with Gasteiger partial charge in [-0.25, -0.2) is 4.39 Å². The van der Waals surface area contributed by atoms with Gasteiger partial charge in [-0.1, -0.05) is 0 Å². The van der Waals surface area contributed by atoms with E-state index in [1.165, 1.54) is 26.4 Å². The fourth-order valence-electron chi connectivity index (χ4n) is 1.49. The van der Waals surface area contributed by atoms with E-state index in [0.29, 0.717) is 5.75 Å². The third-order valence-electron chi connectivity index (χ3n) is 2.50. The summed E-state index contributed by atoms with van der Waals surface area (Å²) in [5, 5.41) is 2.52. The fraction of sp³-hybridized carbons (Fsp3) is 0.385. The summed E-state index contributed by atoms with van der Waals surface area (Å²) in [6.07, 6.45) is 0.0278. The maximum absolute atomic E-state index is 13.6. The number of benzene rings is 1. The predicted octanol–water partition coefficient (Wildman–Crippen LogP) is 1.52. The van der Waals surface area contributed by atoms with Crippen LogP contribution in [0.1, 0.15) is 23.7 Å². The van der Waals surface area contributed by atoms with Gasteiger partial charge in [0.05, 0.1) is 26.2 Å². The lowest BCUT2D eigenvalue weighted by Gasteiger charge is -2.13. The summed E-state index contributed by atoms with van der Waals surface area (Å²) in [6, 6.07) is 3.50. The van der Waals surface area contributed by atoms with Crippen LogP contribution >= 0.6 is 0 Å². The molecule has 1 aromatic rings. The molecule has 1 N–H and O–H groups in total. The Bertz CT molecular complexity index is 476. The van der Waals surface area contributed by atoms with Gasteiger partial charge in [0.25, 0.3) is 5.91 Å². The van der Waals surface area contributed by atoms with Gasteiger partial charge in [-0.15, -0.1) is 0 Å². The normalized spacial score (nSPS) is 11.6. The molecule has 0 radical (unpaired) electrons. The highest BCUT2D eigenvalue weighted by Crippen LogP contribution is 2.16. The Morgan fingerprint density at radius 2 is 2.05 bits per heavy atom. The molecule has 0 aliphatic heterocycles. The number of esters is 1. The number of rotatable bonds is 5. The van der Waals surface area contributed by atoms with Crippen LogP contribution < -0.4 is 10.1 Å². The fourth-order valence-corrected chi connectivity index (χ4v) is 1.49. The molecule has 0 aromatic heterocycles. The summed E-state index contributed by atoms with van der Waals surface area (Å²) in [4.78, 5) is 22.8. The van der Waals surface area contributed by atoms with Gasteiger partial charge in [-0.2, -0.15) is 0 Å². The first kappa shape index (κ1) is 14.9. The van der Waals surface area contributed by atoms with Gasteiger partial charge < -0.3 is 14.8 Å². The molecule has 0 saturated carbocycles. The minimum atomic E-state index is -0.679. The van der Waals surface area contributed by atoms with Crippen LogP contribution in [0.5, 0.6) is 5.75 Å². The van der Waals surface area contributed by atoms with Crippen molar-refractivity contribution >= 4 is 11.9 Å². The maximum Gasteiger partial charge on any atom is 0.307 e. The Balaban J connectivity index is 2.70. The first-order valence-electron chi connectivity index (χ1n) is 5.69. The van der Waals surface area contributed by atoms with Crippen molar-refractivity contribution in [1.29, 1.82) is 0 Å². The zero-order valence-corrected chi connectivity index (χ0v) is 11.0. The zero-order chi connectivity index (χ0) is 14.4. The molecule has 104 valence electrons. The number of hydrogen-bond acceptors (Lipinski definition) is 4. The van der Waals surface area contributed by atoms with Crippen LogP contribution in [0.2, 0.25) is 0 Å². The maximum atomic E-state index is 13.6. The molecule has 1 unspecified atom stereocenters. The number of ether oxygens (including phenoxy) is 2. The van der Waals surface area contributed by atoms with E-state index in [4.69, 9.17) is 4.74 Å². The van der Waals surface area contributed by atoms with Crippen molar-refractivity contribution in [3.8, 4) is 5.75 Å². The molecule has 0 fully saturated rings. The second-order valence-electron chi connectivity index (χ2n) is 4.00. The summed E-state index contributed by atoms with van der Waals surface area (Å²) in [7, 11) is 2.67. The summed E-state index contributed by atoms with van der Waals surface area (Å²) < 4.78 is 23.0. The highest BCUT2D eigenvalue weighted by Gasteiger charge is 2.16. The summed E-state index contributed by atoms with van der Waals surface area (Å²) in [5.41, 5.74) is -0.0995. The van der Waals surface area contributed by atoms with Crippen molar-refractivity contribution in [2.24, 2.45) is 0 Å². The number of halogens is 1. The number of methoxy groups -OCH3 is 2. The van der Waals surface area contributed by atoms with Crippen molar-refractivity contribution in [2.45, 2.75) is 19.4 Å². The predicted molar refractivity (Wildman–Crippen MR) is 66.5 cm³/mol. The first-order valence-corrected chi connectivity index (χ1v) is 5.69. The van der Waals surface area contributed by atoms with Crippen molar-refractivity contribution in [3.63, 3.8) is 0 Å². The van der Waals surface area contributed by atoms with E-state index in [0.717, 1.165) is 6.07 Å². The van der Waals surface area contributed by atoms with Crippen LogP contribution in [0.25, 0.3) is 0 Å². The quantitative estimate of drug-likeness (QED) is 0.823. The first-order chi connectivity index (χ1) is 8.97. The van der Waals surface area contributed by atoms with Gasteiger partial charge in [-0.05, 0) is 19.1 Å². The van der Waals surface area contributed by atoms with Gasteiger partial charge in [-0.3, -0.25) is 9.59 Å². The van der Waals surface area contributed by atoms with Crippen LogP contribution in [-0.4, -0.2) is 32.1 Å². The molecule has 1 aromatic carbocycles. The van der Waals surface area contributed by atoms with Crippen LogP contribution in [0.4, 0.5) is 4.39 Å². The third-order valence-corrected chi connectivity index (χ3v) is 2.50. The van der Waals surface area contributed by atoms with E-state index in [1.807, 2.05) is 0 Å². The molecule has 0 heterocycles. The smallest absolute Gasteiger partial charge is 0.307 e. The molecule has 6 heteroatoms. The van der Waals surface area contributed by atoms with Gasteiger partial charge >= 0.3 is 5.97 Å². The van der Waals surface area contributed by atoms with Gasteiger partial charge in [0.15, 0.2) is 0 Å². The molecule has 1 amide bonds. The molecule has 1 rings (SSSR count). The molecule has 0 aliphatic carbocycles. The van der Waals surface area contributed by atoms with Gasteiger partial charge in [0, 0.05) is 12.1 Å². The third kappa shape index (κ3) is 4.24. The van der Waals surface area contributed by atoms with Gasteiger partial charge in [0.1, 0.15) is 11.6 Å². The molecule has 1 atom stereocenters. The molecule has 0 spiro atoms. The van der Waals surface area contributed by atoms with Crippen LogP contribution in [0.15, 0.2) is 18.2 Å². The molecule has 0 saturated heterocycles. The second kappa shape index (κ2) is 6.72. The van der Waals surface area contributed by atoms with Gasteiger partial charge in [0.2, 0.25) is 0 Å². The Labute approximate surface area is 110 Å². The Morgan fingerprint density at radius 1 is 1.37 bits per heavy atom. The largest absolute Gasteiger partial charge is 0.497 e. The molecule has 0 bridgehead atoms. The lowest BCUT2D eigenvalue weighted by molar-refractivity contribution is -0.141. The number of hydrogen-bond donors (Lipinski definition) is 1. The molecule has 0 aliphatic rings. The number of nitrogens with one attached hydrogen (secondary N) is 1. The Kier molecular flexibility index (Phi) is 5.29. The molecular weight excluding hydrogens is 253 g/mol. The molecule has 19 heavy (non-hydrogen) atoms. The zero-order valence-electron chi connectivity index (χ0n) is 11.0. The standard InChI is InChI=1S/C13H16FNO4/c1-8(6-12(16)19-3)15-13(17)10-5-4-9(18-2)7-11(10)14/h4-5,7-8H,6H2,1-3H3,(H,15,17). The number of carbonyl (C=O) groups excluding carboxylic acids is 2. The second-order valence-corrected chi connectivity index (χ2v) is 4.00. The minimum Gasteiger partial charge on any atom is -0.497 e. The number of carbonyl (C=O) groups is 2. The summed E-state index contributed by atoms with van der Waals surface area (Å²) in [6.45, 7) is 1.64. The lowest BCUT2D eigenvalue weighted by atomic mass is 10.1.